The van der Waals surface area contributed by atoms with Gasteiger partial charge >= 0.3 is 32.2 Å². The van der Waals surface area contributed by atoms with E-state index in [-0.39, 0.29) is 18.9 Å². The first-order chi connectivity index (χ1) is 4.68. The third kappa shape index (κ3) is 22.5. The molecule has 0 aliphatic carbocycles. The summed E-state index contributed by atoms with van der Waals surface area (Å²) in [5.74, 6) is -1.66. The summed E-state index contributed by atoms with van der Waals surface area (Å²) in [6, 6.07) is 0. The first-order valence-corrected chi connectivity index (χ1v) is 2.71. The van der Waals surface area contributed by atoms with Gasteiger partial charge < -0.3 is 20.2 Å². The van der Waals surface area contributed by atoms with Crippen LogP contribution in [0, 0.1) is 0 Å². The topological polar surface area (TPSA) is 98.0 Å². The molecule has 1 atom stereocenters. The number of alkyl halides is 2. The second-order valence-electron chi connectivity index (χ2n) is 1.54. The molecule has 0 saturated carbocycles. The summed E-state index contributed by atoms with van der Waals surface area (Å²) in [4.78, 5) is 9.51. The molecule has 0 aromatic rings. The SMILES string of the molecule is CC(F)(Cl)C(=O)O.OB(O)O.[LiH]. The maximum absolute atomic E-state index is 11.7. The summed E-state index contributed by atoms with van der Waals surface area (Å²) >= 11 is 4.60. The normalized spacial score (nSPS) is 12.8. The number of hydrogen-bond donors (Lipinski definition) is 4. The zero-order valence-electron chi connectivity index (χ0n) is 5.53. The van der Waals surface area contributed by atoms with Gasteiger partial charge in [0.2, 0.25) is 0 Å². The van der Waals surface area contributed by atoms with E-state index in [0.717, 1.165) is 6.92 Å². The molecular weight excluding hydrogens is 188 g/mol. The van der Waals surface area contributed by atoms with Crippen LogP contribution in [-0.2, 0) is 4.79 Å². The maximum atomic E-state index is 11.7. The van der Waals surface area contributed by atoms with Crippen LogP contribution in [0.25, 0.3) is 0 Å². The molecule has 4 N–H and O–H groups in total. The van der Waals surface area contributed by atoms with Crippen LogP contribution in [0.5, 0.6) is 0 Å². The molecule has 68 valence electrons. The molecule has 0 aliphatic rings. The summed E-state index contributed by atoms with van der Waals surface area (Å²) in [7, 11) is -2.17. The van der Waals surface area contributed by atoms with Crippen molar-refractivity contribution in [1.82, 2.24) is 0 Å². The van der Waals surface area contributed by atoms with Crippen molar-refractivity contribution in [2.45, 2.75) is 12.1 Å². The standard InChI is InChI=1S/C3H4ClFO2.BH3O3.Li.H/c1-3(4,5)2(6)7;2-1(3)4;;/h1H3,(H,6,7);2-4H;;. The van der Waals surface area contributed by atoms with Gasteiger partial charge in [0.05, 0.1) is 0 Å². The number of carboxylic acid groups (broad SMARTS) is 1. The van der Waals surface area contributed by atoms with Gasteiger partial charge in [0.1, 0.15) is 0 Å². The van der Waals surface area contributed by atoms with E-state index in [4.69, 9.17) is 20.2 Å². The molecule has 0 saturated heterocycles. The van der Waals surface area contributed by atoms with Crippen LogP contribution in [0.1, 0.15) is 6.92 Å². The molecule has 0 aromatic carbocycles. The molecular formula is C3H8BClFLiO5. The molecule has 9 heteroatoms. The van der Waals surface area contributed by atoms with Gasteiger partial charge in [0.15, 0.2) is 0 Å². The van der Waals surface area contributed by atoms with Crippen LogP contribution < -0.4 is 0 Å². The van der Waals surface area contributed by atoms with Crippen LogP contribution in [-0.4, -0.2) is 57.5 Å². The molecule has 0 radical (unpaired) electrons. The zero-order valence-corrected chi connectivity index (χ0v) is 6.29. The molecule has 0 heterocycles. The Bertz CT molecular complexity index is 126. The minimum absolute atomic E-state index is 0. The summed E-state index contributed by atoms with van der Waals surface area (Å²) in [5, 5.41) is 26.6. The summed E-state index contributed by atoms with van der Waals surface area (Å²) in [6.45, 7) is 0.761. The van der Waals surface area contributed by atoms with Crippen molar-refractivity contribution in [3.05, 3.63) is 0 Å². The summed E-state index contributed by atoms with van der Waals surface area (Å²) in [5.41, 5.74) is 0. The van der Waals surface area contributed by atoms with Crippen molar-refractivity contribution in [1.29, 1.82) is 0 Å². The van der Waals surface area contributed by atoms with E-state index in [0.29, 0.717) is 0 Å². The van der Waals surface area contributed by atoms with E-state index in [2.05, 4.69) is 11.6 Å². The van der Waals surface area contributed by atoms with Crippen LogP contribution in [0.3, 0.4) is 0 Å². The number of carboxylic acids is 1. The fourth-order valence-electron chi connectivity index (χ4n) is 0. The summed E-state index contributed by atoms with van der Waals surface area (Å²) in [6.07, 6.45) is 0. The predicted octanol–water partition coefficient (Wildman–Crippen LogP) is -1.70. The Hall–Kier alpha value is 0.232. The Morgan fingerprint density at radius 3 is 1.58 bits per heavy atom. The second-order valence-corrected chi connectivity index (χ2v) is 2.25. The van der Waals surface area contributed by atoms with E-state index in [1.54, 1.807) is 0 Å². The Morgan fingerprint density at radius 2 is 1.58 bits per heavy atom. The monoisotopic (exact) mass is 196 g/mol. The molecule has 1 unspecified atom stereocenters. The van der Waals surface area contributed by atoms with Crippen LogP contribution in [0.15, 0.2) is 0 Å². The van der Waals surface area contributed by atoms with Gasteiger partial charge in [0, 0.05) is 0 Å². The van der Waals surface area contributed by atoms with Crippen molar-refractivity contribution < 1.29 is 29.4 Å². The average molecular weight is 196 g/mol. The zero-order chi connectivity index (χ0) is 9.65. The van der Waals surface area contributed by atoms with E-state index in [1.165, 1.54) is 0 Å². The fourth-order valence-corrected chi connectivity index (χ4v) is 0. The quantitative estimate of drug-likeness (QED) is 0.296. The van der Waals surface area contributed by atoms with Gasteiger partial charge in [-0.3, -0.25) is 0 Å². The third-order valence-corrected chi connectivity index (χ3v) is 0.537. The third-order valence-electron chi connectivity index (χ3n) is 0.376. The number of carbonyl (C=O) groups is 1. The van der Waals surface area contributed by atoms with E-state index < -0.39 is 18.4 Å². The van der Waals surface area contributed by atoms with Gasteiger partial charge in [-0.2, -0.15) is 0 Å². The molecule has 0 aliphatic heterocycles. The Labute approximate surface area is 85.5 Å². The number of halogens is 2. The number of aliphatic carboxylic acids is 1. The van der Waals surface area contributed by atoms with Gasteiger partial charge in [-0.05, 0) is 6.92 Å². The van der Waals surface area contributed by atoms with Crippen molar-refractivity contribution in [3.63, 3.8) is 0 Å². The van der Waals surface area contributed by atoms with E-state index in [1.807, 2.05) is 0 Å². The van der Waals surface area contributed by atoms with E-state index in [9.17, 15) is 9.18 Å². The van der Waals surface area contributed by atoms with Crippen LogP contribution >= 0.6 is 11.6 Å². The second kappa shape index (κ2) is 7.86. The predicted molar refractivity (Wildman–Crippen MR) is 42.6 cm³/mol. The molecule has 0 rings (SSSR count). The molecule has 5 nitrogen and oxygen atoms in total. The van der Waals surface area contributed by atoms with E-state index >= 15 is 0 Å². The summed E-state index contributed by atoms with van der Waals surface area (Å²) < 4.78 is 11.7. The molecule has 0 bridgehead atoms. The van der Waals surface area contributed by atoms with Crippen molar-refractivity contribution in [3.8, 4) is 0 Å². The average Bonchev–Trinajstić information content (AvgIpc) is 1.59. The molecule has 0 spiro atoms. The van der Waals surface area contributed by atoms with Gasteiger partial charge in [0.25, 0.3) is 5.13 Å². The Balaban J connectivity index is -0.000000142. The molecule has 12 heavy (non-hydrogen) atoms. The molecule has 0 fully saturated rings. The molecule has 0 aromatic heterocycles. The van der Waals surface area contributed by atoms with Crippen molar-refractivity contribution in [2.24, 2.45) is 0 Å². The molecule has 0 amide bonds. The number of rotatable bonds is 1. The van der Waals surface area contributed by atoms with Crippen molar-refractivity contribution >= 4 is 43.8 Å². The van der Waals surface area contributed by atoms with Crippen LogP contribution in [0.2, 0.25) is 0 Å². The van der Waals surface area contributed by atoms with Gasteiger partial charge in [-0.15, -0.1) is 0 Å². The van der Waals surface area contributed by atoms with Crippen LogP contribution in [0.4, 0.5) is 4.39 Å². The Morgan fingerprint density at radius 1 is 1.50 bits per heavy atom. The number of hydrogen-bond acceptors (Lipinski definition) is 4. The first-order valence-electron chi connectivity index (χ1n) is 2.33. The minimum atomic E-state index is -2.61. The Kier molecular flexibility index (Phi) is 11.9. The van der Waals surface area contributed by atoms with Gasteiger partial charge in [-0.1, -0.05) is 11.6 Å². The first kappa shape index (κ1) is 18.1. The van der Waals surface area contributed by atoms with Gasteiger partial charge in [-0.25, -0.2) is 9.18 Å². The fraction of sp³-hybridized carbons (Fsp3) is 0.667. The van der Waals surface area contributed by atoms with Crippen molar-refractivity contribution in [2.75, 3.05) is 0 Å².